The van der Waals surface area contributed by atoms with Crippen molar-refractivity contribution in [2.24, 2.45) is 5.92 Å². The third-order valence-corrected chi connectivity index (χ3v) is 6.51. The second kappa shape index (κ2) is 10.3. The Labute approximate surface area is 172 Å². The van der Waals surface area contributed by atoms with Gasteiger partial charge in [0.1, 0.15) is 6.04 Å². The minimum absolute atomic E-state index is 0.0501. The predicted octanol–water partition coefficient (Wildman–Crippen LogP) is 4.33. The first-order chi connectivity index (χ1) is 14.1. The number of benzene rings is 2. The summed E-state index contributed by atoms with van der Waals surface area (Å²) >= 11 is 0. The summed E-state index contributed by atoms with van der Waals surface area (Å²) < 4.78 is 18.0. The Morgan fingerprint density at radius 2 is 1.48 bits per heavy atom. The van der Waals surface area contributed by atoms with E-state index in [4.69, 9.17) is 4.74 Å². The van der Waals surface area contributed by atoms with Crippen LogP contribution in [0.4, 0.5) is 0 Å². The second-order valence-electron chi connectivity index (χ2n) is 6.91. The molecule has 2 aromatic carbocycles. The van der Waals surface area contributed by atoms with E-state index in [0.29, 0.717) is 0 Å². The van der Waals surface area contributed by atoms with Crippen LogP contribution in [0.2, 0.25) is 0 Å². The fraction of sp³-hybridized carbons (Fsp3) is 0.261. The van der Waals surface area contributed by atoms with Gasteiger partial charge in [-0.3, -0.25) is 10.1 Å². The summed E-state index contributed by atoms with van der Waals surface area (Å²) in [5.74, 6) is -0.893. The van der Waals surface area contributed by atoms with E-state index < -0.39 is 25.7 Å². The molecule has 2 aromatic rings. The topological polar surface area (TPSA) is 67.4 Å². The lowest BCUT2D eigenvalue weighted by molar-refractivity contribution is -0.142. The first kappa shape index (κ1) is 21.1. The third kappa shape index (κ3) is 5.48. The molecule has 2 N–H and O–H groups in total. The highest BCUT2D eigenvalue weighted by molar-refractivity contribution is 7.43. The molecule has 0 aliphatic heterocycles. The Kier molecular flexibility index (Phi) is 7.48. The lowest BCUT2D eigenvalue weighted by atomic mass is 9.98. The zero-order valence-electron chi connectivity index (χ0n) is 16.6. The minimum Gasteiger partial charge on any atom is -0.468 e. The maximum atomic E-state index is 13.3. The summed E-state index contributed by atoms with van der Waals surface area (Å²) in [6.45, 7) is 1.66. The van der Waals surface area contributed by atoms with Crippen LogP contribution in [-0.2, 0) is 14.1 Å². The maximum absolute atomic E-state index is 13.3. The molecule has 0 amide bonds. The van der Waals surface area contributed by atoms with Crippen LogP contribution < -0.4 is 10.4 Å². The summed E-state index contributed by atoms with van der Waals surface area (Å²) in [7, 11) is -0.634. The van der Waals surface area contributed by atoms with E-state index in [1.165, 1.54) is 7.11 Å². The summed E-state index contributed by atoms with van der Waals surface area (Å²) in [6, 6.07) is 19.4. The number of allylic oxidation sites excluding steroid dienone is 2. The molecule has 0 aromatic heterocycles. The number of hydrogen-bond acceptors (Lipinski definition) is 4. The molecule has 0 bridgehead atoms. The van der Waals surface area contributed by atoms with E-state index >= 15 is 0 Å². The van der Waals surface area contributed by atoms with Crippen LogP contribution in [0.15, 0.2) is 85.0 Å². The normalized spacial score (nSPS) is 16.0. The SMILES string of the molecule is COC(=O)[C@H](C)N[P+](=O)C(NC(c1ccccc1)c1ccccc1)C1C=CC=C1. The van der Waals surface area contributed by atoms with Crippen LogP contribution in [0.3, 0.4) is 0 Å². The van der Waals surface area contributed by atoms with Gasteiger partial charge < -0.3 is 4.74 Å². The molecule has 29 heavy (non-hydrogen) atoms. The van der Waals surface area contributed by atoms with Crippen molar-refractivity contribution in [3.63, 3.8) is 0 Å². The Bertz CT molecular complexity index is 832. The van der Waals surface area contributed by atoms with E-state index in [2.05, 4.69) is 34.7 Å². The number of rotatable bonds is 9. The van der Waals surface area contributed by atoms with Crippen molar-refractivity contribution < 1.29 is 14.1 Å². The van der Waals surface area contributed by atoms with Gasteiger partial charge in [0, 0.05) is 0 Å². The number of methoxy groups -OCH3 is 1. The molecule has 1 aliphatic carbocycles. The number of nitrogens with one attached hydrogen (secondary N) is 2. The van der Waals surface area contributed by atoms with Crippen LogP contribution in [0.25, 0.3) is 0 Å². The van der Waals surface area contributed by atoms with Crippen molar-refractivity contribution in [2.75, 3.05) is 7.11 Å². The zero-order valence-corrected chi connectivity index (χ0v) is 17.5. The average Bonchev–Trinajstić information content (AvgIpc) is 3.29. The highest BCUT2D eigenvalue weighted by atomic mass is 31.1. The van der Waals surface area contributed by atoms with Crippen molar-refractivity contribution in [2.45, 2.75) is 24.8 Å². The Hall–Kier alpha value is -2.59. The molecule has 5 nitrogen and oxygen atoms in total. The number of ether oxygens (including phenoxy) is 1. The monoisotopic (exact) mass is 409 g/mol. The van der Waals surface area contributed by atoms with E-state index in [9.17, 15) is 9.36 Å². The predicted molar refractivity (Wildman–Crippen MR) is 116 cm³/mol. The second-order valence-corrected chi connectivity index (χ2v) is 8.38. The molecule has 0 saturated heterocycles. The van der Waals surface area contributed by atoms with Crippen molar-refractivity contribution in [3.8, 4) is 0 Å². The molecule has 1 aliphatic rings. The molecule has 2 unspecified atom stereocenters. The summed E-state index contributed by atoms with van der Waals surface area (Å²) in [4.78, 5) is 11.8. The van der Waals surface area contributed by atoms with Crippen LogP contribution >= 0.6 is 7.95 Å². The van der Waals surface area contributed by atoms with Crippen LogP contribution in [0.5, 0.6) is 0 Å². The number of hydrogen-bond donors (Lipinski definition) is 2. The van der Waals surface area contributed by atoms with Crippen LogP contribution in [0, 0.1) is 5.92 Å². The smallest absolute Gasteiger partial charge is 0.452 e. The molecular formula is C23H26N2O3P+. The first-order valence-electron chi connectivity index (χ1n) is 9.61. The Morgan fingerprint density at radius 1 is 0.966 bits per heavy atom. The quantitative estimate of drug-likeness (QED) is 0.477. The van der Waals surface area contributed by atoms with Gasteiger partial charge in [-0.15, -0.1) is 0 Å². The highest BCUT2D eigenvalue weighted by Crippen LogP contribution is 2.35. The number of esters is 1. The molecular weight excluding hydrogens is 383 g/mol. The van der Waals surface area contributed by atoms with Crippen molar-refractivity contribution in [3.05, 3.63) is 96.1 Å². The van der Waals surface area contributed by atoms with Gasteiger partial charge >= 0.3 is 13.9 Å². The van der Waals surface area contributed by atoms with Gasteiger partial charge in [-0.2, -0.15) is 0 Å². The van der Waals surface area contributed by atoms with Gasteiger partial charge in [-0.05, 0) is 22.6 Å². The Balaban J connectivity index is 1.89. The first-order valence-corrected chi connectivity index (χ1v) is 10.9. The summed E-state index contributed by atoms with van der Waals surface area (Å²) in [5, 5.41) is 6.51. The molecule has 0 spiro atoms. The summed E-state index contributed by atoms with van der Waals surface area (Å²) in [5.41, 5.74) is 2.16. The van der Waals surface area contributed by atoms with Crippen LogP contribution in [0.1, 0.15) is 24.1 Å². The molecule has 6 heteroatoms. The van der Waals surface area contributed by atoms with Gasteiger partial charge in [-0.25, -0.2) is 0 Å². The van der Waals surface area contributed by atoms with Gasteiger partial charge in [0.15, 0.2) is 0 Å². The fourth-order valence-electron chi connectivity index (χ4n) is 3.34. The van der Waals surface area contributed by atoms with Gasteiger partial charge in [0.25, 0.3) is 0 Å². The van der Waals surface area contributed by atoms with E-state index in [1.807, 2.05) is 60.7 Å². The van der Waals surface area contributed by atoms with Crippen molar-refractivity contribution in [1.29, 1.82) is 0 Å². The van der Waals surface area contributed by atoms with Gasteiger partial charge in [0.2, 0.25) is 5.78 Å². The Morgan fingerprint density at radius 3 is 1.97 bits per heavy atom. The standard InChI is InChI=1S/C23H26N2O3P/c1-17(23(26)28-2)25-29(27)22(20-15-9-10-16-20)24-21(18-11-5-3-6-12-18)19-13-7-4-8-14-19/h3-17,20-22,24H,1-2H3,(H,25,27)/q+1/t17-,22?/m0/s1. The lowest BCUT2D eigenvalue weighted by Gasteiger charge is -2.24. The van der Waals surface area contributed by atoms with Gasteiger partial charge in [0.05, 0.1) is 19.1 Å². The zero-order chi connectivity index (χ0) is 20.6. The maximum Gasteiger partial charge on any atom is 0.452 e. The van der Waals surface area contributed by atoms with Crippen LogP contribution in [-0.4, -0.2) is 24.9 Å². The number of carbonyl (C=O) groups is 1. The fourth-order valence-corrected chi connectivity index (χ4v) is 4.79. The third-order valence-electron chi connectivity index (χ3n) is 4.87. The van der Waals surface area contributed by atoms with E-state index in [1.54, 1.807) is 6.92 Å². The molecule has 3 atom stereocenters. The summed E-state index contributed by atoms with van der Waals surface area (Å²) in [6.07, 6.45) is 7.93. The minimum atomic E-state index is -1.96. The molecule has 0 fully saturated rings. The van der Waals surface area contributed by atoms with Crippen molar-refractivity contribution >= 4 is 13.9 Å². The lowest BCUT2D eigenvalue weighted by Crippen LogP contribution is -2.40. The largest absolute Gasteiger partial charge is 0.468 e. The molecule has 0 heterocycles. The van der Waals surface area contributed by atoms with Crippen molar-refractivity contribution in [1.82, 2.24) is 10.4 Å². The number of carbonyl (C=O) groups excluding carboxylic acids is 1. The van der Waals surface area contributed by atoms with Gasteiger partial charge in [-0.1, -0.05) is 90.1 Å². The molecule has 150 valence electrons. The molecule has 0 radical (unpaired) electrons. The molecule has 3 rings (SSSR count). The molecule has 0 saturated carbocycles. The average molecular weight is 409 g/mol. The van der Waals surface area contributed by atoms with E-state index in [-0.39, 0.29) is 12.0 Å². The highest BCUT2D eigenvalue weighted by Gasteiger charge is 2.41. The van der Waals surface area contributed by atoms with E-state index in [0.717, 1.165) is 11.1 Å².